The topological polar surface area (TPSA) is 83.7 Å². The van der Waals surface area contributed by atoms with E-state index >= 15 is 0 Å². The Hall–Kier alpha value is -2.97. The minimum Gasteiger partial charge on any atom is -0.493 e. The quantitative estimate of drug-likeness (QED) is 0.544. The third kappa shape index (κ3) is 3.88. The maximum absolute atomic E-state index is 12.4. The molecule has 0 unspecified atom stereocenters. The summed E-state index contributed by atoms with van der Waals surface area (Å²) in [5.41, 5.74) is 4.45. The predicted octanol–water partition coefficient (Wildman–Crippen LogP) is 4.84. The molecule has 30 heavy (non-hydrogen) atoms. The second-order valence-electron chi connectivity index (χ2n) is 6.69. The molecule has 0 aliphatic carbocycles. The van der Waals surface area contributed by atoms with Crippen LogP contribution in [0.1, 0.15) is 22.9 Å². The first-order valence-electron chi connectivity index (χ1n) is 9.33. The number of aromatic nitrogens is 1. The summed E-state index contributed by atoms with van der Waals surface area (Å²) in [7, 11) is 0. The van der Waals surface area contributed by atoms with Crippen LogP contribution in [0.4, 0.5) is 11.4 Å². The van der Waals surface area contributed by atoms with Crippen LogP contribution in [0.15, 0.2) is 56.7 Å². The molecule has 1 aliphatic rings. The van der Waals surface area contributed by atoms with Crippen LogP contribution < -0.4 is 10.2 Å². The normalized spacial score (nSPS) is 13.6. The molecule has 8 heteroatoms. The van der Waals surface area contributed by atoms with E-state index in [-0.39, 0.29) is 12.4 Å². The number of anilines is 1. The Morgan fingerprint density at radius 1 is 1.27 bits per heavy atom. The Morgan fingerprint density at radius 2 is 2.07 bits per heavy atom. The number of para-hydroxylation sites is 2. The second kappa shape index (κ2) is 8.41. The minimum absolute atomic E-state index is 0.228. The number of hydrogen-bond acceptors (Lipinski definition) is 5. The van der Waals surface area contributed by atoms with Gasteiger partial charge in [-0.25, -0.2) is 0 Å². The van der Waals surface area contributed by atoms with Gasteiger partial charge in [-0.2, -0.15) is 0 Å². The van der Waals surface area contributed by atoms with E-state index in [2.05, 4.69) is 33.2 Å². The van der Waals surface area contributed by atoms with Gasteiger partial charge in [0.1, 0.15) is 6.54 Å². The minimum atomic E-state index is -0.406. The summed E-state index contributed by atoms with van der Waals surface area (Å²) in [6, 6.07) is 13.2. The Kier molecular flexibility index (Phi) is 5.69. The van der Waals surface area contributed by atoms with Crippen LogP contribution in [0.3, 0.4) is 0 Å². The van der Waals surface area contributed by atoms with Crippen LogP contribution in [-0.2, 0) is 17.8 Å². The van der Waals surface area contributed by atoms with Gasteiger partial charge in [0.05, 0.1) is 16.3 Å². The maximum Gasteiger partial charge on any atom is 0.311 e. The van der Waals surface area contributed by atoms with Gasteiger partial charge >= 0.3 is 4.87 Å². The third-order valence-electron chi connectivity index (χ3n) is 4.77. The smallest absolute Gasteiger partial charge is 0.311 e. The Morgan fingerprint density at radius 3 is 2.83 bits per heavy atom. The zero-order valence-electron chi connectivity index (χ0n) is 16.1. The highest BCUT2D eigenvalue weighted by Gasteiger charge is 2.19. The van der Waals surface area contributed by atoms with Gasteiger partial charge in [0.25, 0.3) is 0 Å². The fourth-order valence-corrected chi connectivity index (χ4v) is 4.49. The molecule has 1 aromatic heterocycles. The molecule has 3 aromatic rings. The molecule has 152 valence electrons. The van der Waals surface area contributed by atoms with Crippen molar-refractivity contribution in [2.75, 3.05) is 5.32 Å². The van der Waals surface area contributed by atoms with E-state index < -0.39 is 10.8 Å². The van der Waals surface area contributed by atoms with Gasteiger partial charge < -0.3 is 10.4 Å². The summed E-state index contributed by atoms with van der Waals surface area (Å²) in [5, 5.41) is 13.3. The van der Waals surface area contributed by atoms with Gasteiger partial charge in [0.2, 0.25) is 11.8 Å². The molecule has 1 amide bonds. The van der Waals surface area contributed by atoms with E-state index in [0.29, 0.717) is 10.6 Å². The van der Waals surface area contributed by atoms with Crippen molar-refractivity contribution in [1.82, 2.24) is 4.57 Å². The number of aliphatic imine (C=N–C) groups is 1. The number of rotatable bonds is 5. The number of allylic oxidation sites excluding steroid dienone is 1. The van der Waals surface area contributed by atoms with E-state index in [1.54, 1.807) is 30.5 Å². The molecule has 0 saturated heterocycles. The zero-order chi connectivity index (χ0) is 21.3. The van der Waals surface area contributed by atoms with Crippen LogP contribution in [0.25, 0.3) is 11.6 Å². The number of nitrogens with zero attached hydrogens (tertiary/aromatic N) is 2. The molecule has 0 fully saturated rings. The molecule has 1 aliphatic heterocycles. The number of aryl methyl sites for hydroxylation is 1. The number of nitrogens with one attached hydrogen (secondary N) is 1. The molecule has 2 aromatic carbocycles. The van der Waals surface area contributed by atoms with Crippen molar-refractivity contribution in [3.63, 3.8) is 0 Å². The molecule has 0 saturated carbocycles. The van der Waals surface area contributed by atoms with Crippen molar-refractivity contribution >= 4 is 62.4 Å². The van der Waals surface area contributed by atoms with Crippen molar-refractivity contribution in [3.8, 4) is 5.88 Å². The third-order valence-corrected chi connectivity index (χ3v) is 6.38. The lowest BCUT2D eigenvalue weighted by molar-refractivity contribution is -0.116. The lowest BCUT2D eigenvalue weighted by atomic mass is 10.0. The zero-order valence-corrected chi connectivity index (χ0v) is 18.5. The van der Waals surface area contributed by atoms with Gasteiger partial charge in [0.15, 0.2) is 0 Å². The molecule has 2 N–H and O–H groups in total. The summed E-state index contributed by atoms with van der Waals surface area (Å²) >= 11 is 4.26. The van der Waals surface area contributed by atoms with Crippen LogP contribution in [-0.4, -0.2) is 21.8 Å². The average molecular weight is 484 g/mol. The molecular formula is C22H18BrN3O3S. The SMILES string of the molecule is CCc1cccc2c1N=CC2=Cc1sc(=O)n(CC(=O)Nc2ccccc2Br)c1O. The summed E-state index contributed by atoms with van der Waals surface area (Å²) in [4.78, 5) is 29.3. The number of fused-ring (bicyclic) bond motifs is 1. The number of amides is 1. The number of aromatic hydroxyl groups is 1. The molecule has 0 radical (unpaired) electrons. The van der Waals surface area contributed by atoms with Gasteiger partial charge in [-0.15, -0.1) is 0 Å². The molecule has 0 atom stereocenters. The highest BCUT2D eigenvalue weighted by Crippen LogP contribution is 2.37. The van der Waals surface area contributed by atoms with Gasteiger partial charge in [0, 0.05) is 21.8 Å². The molecule has 0 spiro atoms. The monoisotopic (exact) mass is 483 g/mol. The fourth-order valence-electron chi connectivity index (χ4n) is 3.27. The van der Waals surface area contributed by atoms with E-state index in [1.165, 1.54) is 0 Å². The number of carbonyl (C=O) groups is 1. The van der Waals surface area contributed by atoms with Crippen LogP contribution >= 0.6 is 27.3 Å². The average Bonchev–Trinajstić information content (AvgIpc) is 3.26. The van der Waals surface area contributed by atoms with Crippen LogP contribution in [0.2, 0.25) is 0 Å². The number of hydrogen-bond donors (Lipinski definition) is 2. The molecular weight excluding hydrogens is 466 g/mol. The molecule has 4 rings (SSSR count). The van der Waals surface area contributed by atoms with Crippen molar-refractivity contribution in [3.05, 3.63) is 72.6 Å². The van der Waals surface area contributed by atoms with Crippen molar-refractivity contribution in [2.24, 2.45) is 4.99 Å². The maximum atomic E-state index is 12.4. The first-order valence-corrected chi connectivity index (χ1v) is 10.9. The van der Waals surface area contributed by atoms with Gasteiger partial charge in [-0.3, -0.25) is 19.1 Å². The van der Waals surface area contributed by atoms with Crippen molar-refractivity contribution in [1.29, 1.82) is 0 Å². The van der Waals surface area contributed by atoms with Crippen LogP contribution in [0, 0.1) is 0 Å². The van der Waals surface area contributed by atoms with E-state index in [0.717, 1.165) is 49.2 Å². The van der Waals surface area contributed by atoms with Gasteiger partial charge in [-0.05, 0) is 46.1 Å². The fraction of sp³-hybridized carbons (Fsp3) is 0.136. The number of thiazole rings is 1. The Balaban J connectivity index is 1.59. The molecule has 6 nitrogen and oxygen atoms in total. The highest BCUT2D eigenvalue weighted by molar-refractivity contribution is 9.10. The summed E-state index contributed by atoms with van der Waals surface area (Å²) in [6.45, 7) is 1.79. The largest absolute Gasteiger partial charge is 0.493 e. The number of carbonyl (C=O) groups excluding carboxylic acids is 1. The second-order valence-corrected chi connectivity index (χ2v) is 8.54. The van der Waals surface area contributed by atoms with Crippen molar-refractivity contribution < 1.29 is 9.90 Å². The first-order chi connectivity index (χ1) is 14.5. The predicted molar refractivity (Wildman–Crippen MR) is 125 cm³/mol. The Bertz CT molecular complexity index is 1260. The standard InChI is InChI=1S/C22H18BrN3O3S/c1-2-13-6-5-7-15-14(11-24-20(13)15)10-18-21(28)26(22(29)30-18)12-19(27)25-17-9-4-3-8-16(17)23/h3-11,28H,2,12H2,1H3,(H,25,27). The van der Waals surface area contributed by atoms with Crippen molar-refractivity contribution in [2.45, 2.75) is 19.9 Å². The summed E-state index contributed by atoms with van der Waals surface area (Å²) < 4.78 is 1.80. The molecule has 2 heterocycles. The summed E-state index contributed by atoms with van der Waals surface area (Å²) in [6.07, 6.45) is 4.34. The van der Waals surface area contributed by atoms with E-state index in [1.807, 2.05) is 24.3 Å². The Labute approximate surface area is 185 Å². The highest BCUT2D eigenvalue weighted by atomic mass is 79.9. The van der Waals surface area contributed by atoms with E-state index in [4.69, 9.17) is 0 Å². The van der Waals surface area contributed by atoms with Gasteiger partial charge in [-0.1, -0.05) is 48.6 Å². The van der Waals surface area contributed by atoms with Crippen LogP contribution in [0.5, 0.6) is 5.88 Å². The number of halogens is 1. The van der Waals surface area contributed by atoms with E-state index in [9.17, 15) is 14.7 Å². The first kappa shape index (κ1) is 20.3. The number of benzene rings is 2. The molecule has 0 bridgehead atoms. The lowest BCUT2D eigenvalue weighted by Gasteiger charge is -2.08. The lowest BCUT2D eigenvalue weighted by Crippen LogP contribution is -2.24. The summed E-state index contributed by atoms with van der Waals surface area (Å²) in [5.74, 6) is -0.634.